The third-order valence-electron chi connectivity index (χ3n) is 3.23. The number of aromatic nitrogens is 1. The Morgan fingerprint density at radius 1 is 1.48 bits per heavy atom. The van der Waals surface area contributed by atoms with E-state index < -0.39 is 17.8 Å². The highest BCUT2D eigenvalue weighted by Crippen LogP contribution is 2.34. The van der Waals surface area contributed by atoms with Crippen LogP contribution in [0.15, 0.2) is 46.5 Å². The summed E-state index contributed by atoms with van der Waals surface area (Å²) < 4.78 is 18.1. The van der Waals surface area contributed by atoms with Crippen LogP contribution < -0.4 is 5.32 Å². The first-order valence-corrected chi connectivity index (χ1v) is 7.83. The highest BCUT2D eigenvalue weighted by Gasteiger charge is 2.29. The maximum absolute atomic E-state index is 13.3. The number of benzene rings is 1. The third-order valence-corrected chi connectivity index (χ3v) is 4.34. The Morgan fingerprint density at radius 2 is 2.30 bits per heavy atom. The van der Waals surface area contributed by atoms with Gasteiger partial charge in [-0.25, -0.2) is 14.2 Å². The van der Waals surface area contributed by atoms with Crippen molar-refractivity contribution in [3.05, 3.63) is 63.0 Å². The molecule has 1 aliphatic heterocycles. The number of hydrogen-bond donors (Lipinski definition) is 1. The summed E-state index contributed by atoms with van der Waals surface area (Å²) in [5, 5.41) is 5.62. The number of hydrogen-bond acceptors (Lipinski definition) is 6. The van der Waals surface area contributed by atoms with E-state index in [0.29, 0.717) is 16.4 Å². The lowest BCUT2D eigenvalue weighted by molar-refractivity contribution is -0.136. The maximum atomic E-state index is 13.3. The van der Waals surface area contributed by atoms with E-state index in [9.17, 15) is 9.18 Å². The molecule has 1 unspecified atom stereocenters. The fourth-order valence-electron chi connectivity index (χ4n) is 2.17. The molecule has 5 nitrogen and oxygen atoms in total. The number of halogens is 2. The number of rotatable bonds is 3. The topological polar surface area (TPSA) is 63.6 Å². The maximum Gasteiger partial charge on any atom is 0.337 e. The van der Waals surface area contributed by atoms with Crippen molar-refractivity contribution in [2.75, 3.05) is 7.11 Å². The second kappa shape index (κ2) is 6.47. The van der Waals surface area contributed by atoms with Crippen LogP contribution in [0.4, 0.5) is 4.39 Å². The van der Waals surface area contributed by atoms with Gasteiger partial charge in [0.05, 0.1) is 12.7 Å². The number of ether oxygens (including phenoxy) is 1. The lowest BCUT2D eigenvalue weighted by atomic mass is 9.98. The summed E-state index contributed by atoms with van der Waals surface area (Å²) in [5.41, 5.74) is 0.793. The molecule has 1 atom stereocenters. The number of carbonyl (C=O) groups is 1. The average molecular weight is 352 g/mol. The summed E-state index contributed by atoms with van der Waals surface area (Å²) in [5.74, 6) is -0.483. The molecule has 0 amide bonds. The Morgan fingerprint density at radius 3 is 2.96 bits per heavy atom. The zero-order valence-corrected chi connectivity index (χ0v) is 13.5. The molecular formula is C15H11ClFN3O2S. The predicted octanol–water partition coefficient (Wildman–Crippen LogP) is 3.08. The van der Waals surface area contributed by atoms with Crippen molar-refractivity contribution < 1.29 is 13.9 Å². The lowest BCUT2D eigenvalue weighted by Crippen LogP contribution is -2.28. The van der Waals surface area contributed by atoms with Crippen LogP contribution in [0.25, 0.3) is 0 Å². The summed E-state index contributed by atoms with van der Waals surface area (Å²) in [4.78, 5) is 20.7. The van der Waals surface area contributed by atoms with E-state index in [4.69, 9.17) is 16.3 Å². The molecule has 1 aromatic carbocycles. The molecule has 0 fully saturated rings. The van der Waals surface area contributed by atoms with E-state index in [1.54, 1.807) is 6.20 Å². The van der Waals surface area contributed by atoms with E-state index in [0.717, 1.165) is 0 Å². The molecule has 8 heteroatoms. The van der Waals surface area contributed by atoms with Crippen LogP contribution in [0.5, 0.6) is 0 Å². The molecule has 1 N–H and O–H groups in total. The zero-order valence-electron chi connectivity index (χ0n) is 11.9. The molecule has 3 rings (SSSR count). The van der Waals surface area contributed by atoms with Crippen LogP contribution in [0.3, 0.4) is 0 Å². The molecule has 1 aliphatic rings. The number of nitrogens with zero attached hydrogens (tertiary/aromatic N) is 2. The fourth-order valence-corrected chi connectivity index (χ4v) is 3.03. The van der Waals surface area contributed by atoms with E-state index in [1.807, 2.05) is 5.38 Å². The van der Waals surface area contributed by atoms with Gasteiger partial charge in [0.15, 0.2) is 10.8 Å². The second-order valence-electron chi connectivity index (χ2n) is 4.62. The monoisotopic (exact) mass is 351 g/mol. The first-order valence-electron chi connectivity index (χ1n) is 6.57. The third kappa shape index (κ3) is 3.11. The molecule has 0 saturated carbocycles. The molecule has 0 saturated heterocycles. The molecule has 2 heterocycles. The van der Waals surface area contributed by atoms with Crippen molar-refractivity contribution in [3.63, 3.8) is 0 Å². The minimum Gasteiger partial charge on any atom is -0.466 e. The summed E-state index contributed by atoms with van der Waals surface area (Å²) >= 11 is 7.53. The van der Waals surface area contributed by atoms with Crippen molar-refractivity contribution in [2.24, 2.45) is 4.99 Å². The molecule has 0 bridgehead atoms. The standard InChI is InChI=1S/C15H11ClFN3O2S/c1-22-15(21)10-7-19-13(14-18-4-5-23-14)20-12(10)9-3-2-8(17)6-11(9)16/h2-7,12H,1H3,(H,19,20). The number of carbonyl (C=O) groups excluding carboxylic acids is 1. The molecule has 0 aliphatic carbocycles. The number of nitrogens with one attached hydrogen (secondary N) is 1. The van der Waals surface area contributed by atoms with Crippen molar-refractivity contribution in [3.8, 4) is 0 Å². The van der Waals surface area contributed by atoms with Crippen molar-refractivity contribution >= 4 is 34.7 Å². The Bertz CT molecular complexity index is 805. The van der Waals surface area contributed by atoms with Crippen LogP contribution in [-0.4, -0.2) is 23.9 Å². The SMILES string of the molecule is COC(=O)C1=CNC(c2nccs2)=NC1c1ccc(F)cc1Cl. The number of amidine groups is 1. The van der Waals surface area contributed by atoms with Crippen LogP contribution >= 0.6 is 22.9 Å². The van der Waals surface area contributed by atoms with Gasteiger partial charge in [-0.1, -0.05) is 17.7 Å². The minimum atomic E-state index is -0.698. The molecule has 0 radical (unpaired) electrons. The van der Waals surface area contributed by atoms with Crippen molar-refractivity contribution in [1.82, 2.24) is 10.3 Å². The minimum absolute atomic E-state index is 0.189. The van der Waals surface area contributed by atoms with Crippen LogP contribution in [0.2, 0.25) is 5.02 Å². The van der Waals surface area contributed by atoms with Gasteiger partial charge in [0.2, 0.25) is 0 Å². The summed E-state index contributed by atoms with van der Waals surface area (Å²) in [6.45, 7) is 0. The number of thiazole rings is 1. The zero-order chi connectivity index (χ0) is 16.4. The average Bonchev–Trinajstić information content (AvgIpc) is 3.08. The van der Waals surface area contributed by atoms with E-state index >= 15 is 0 Å². The van der Waals surface area contributed by atoms with Crippen molar-refractivity contribution in [1.29, 1.82) is 0 Å². The van der Waals surface area contributed by atoms with Crippen LogP contribution in [0, 0.1) is 5.82 Å². The Labute approximate surface area is 140 Å². The normalized spacial score (nSPS) is 17.1. The van der Waals surface area contributed by atoms with Gasteiger partial charge in [-0.3, -0.25) is 4.99 Å². The van der Waals surface area contributed by atoms with Gasteiger partial charge in [-0.2, -0.15) is 0 Å². The van der Waals surface area contributed by atoms with E-state index in [1.165, 1.54) is 42.8 Å². The van der Waals surface area contributed by atoms with Gasteiger partial charge in [0.25, 0.3) is 0 Å². The van der Waals surface area contributed by atoms with Gasteiger partial charge in [0.1, 0.15) is 11.9 Å². The Hall–Kier alpha value is -2.25. The second-order valence-corrected chi connectivity index (χ2v) is 5.92. The molecule has 2 aromatic rings. The first-order chi connectivity index (χ1) is 11.1. The lowest BCUT2D eigenvalue weighted by Gasteiger charge is -2.22. The highest BCUT2D eigenvalue weighted by atomic mass is 35.5. The predicted molar refractivity (Wildman–Crippen MR) is 86.0 cm³/mol. The molecule has 0 spiro atoms. The summed E-state index contributed by atoms with van der Waals surface area (Å²) in [7, 11) is 1.28. The van der Waals surface area contributed by atoms with Gasteiger partial charge < -0.3 is 10.1 Å². The summed E-state index contributed by atoms with van der Waals surface area (Å²) in [6.07, 6.45) is 3.17. The van der Waals surface area contributed by atoms with Crippen LogP contribution in [0.1, 0.15) is 16.6 Å². The number of methoxy groups -OCH3 is 1. The number of esters is 1. The Balaban J connectivity index is 2.07. The van der Waals surface area contributed by atoms with Gasteiger partial charge in [-0.15, -0.1) is 11.3 Å². The molecular weight excluding hydrogens is 341 g/mol. The first kappa shape index (κ1) is 15.6. The Kier molecular flexibility index (Phi) is 4.40. The van der Waals surface area contributed by atoms with E-state index in [-0.39, 0.29) is 10.6 Å². The van der Waals surface area contributed by atoms with Gasteiger partial charge >= 0.3 is 5.97 Å². The van der Waals surface area contributed by atoms with Gasteiger partial charge in [0, 0.05) is 28.4 Å². The quantitative estimate of drug-likeness (QED) is 0.863. The largest absolute Gasteiger partial charge is 0.466 e. The summed E-state index contributed by atoms with van der Waals surface area (Å²) in [6, 6.07) is 3.27. The molecule has 1 aromatic heterocycles. The van der Waals surface area contributed by atoms with E-state index in [2.05, 4.69) is 15.3 Å². The van der Waals surface area contributed by atoms with Crippen molar-refractivity contribution in [2.45, 2.75) is 6.04 Å². The van der Waals surface area contributed by atoms with Gasteiger partial charge in [-0.05, 0) is 12.1 Å². The van der Waals surface area contributed by atoms with Crippen LogP contribution in [-0.2, 0) is 9.53 Å². The highest BCUT2D eigenvalue weighted by molar-refractivity contribution is 7.11. The molecule has 23 heavy (non-hydrogen) atoms. The fraction of sp³-hybridized carbons (Fsp3) is 0.133. The number of aliphatic imine (C=N–C) groups is 1. The smallest absolute Gasteiger partial charge is 0.337 e. The molecule has 118 valence electrons.